The zero-order valence-electron chi connectivity index (χ0n) is 10.1. The number of carbonyl (C=O) groups is 1. The van der Waals surface area contributed by atoms with Crippen molar-refractivity contribution in [1.29, 1.82) is 0 Å². The summed E-state index contributed by atoms with van der Waals surface area (Å²) in [6, 6.07) is 1.79. The van der Waals surface area contributed by atoms with Gasteiger partial charge in [0.1, 0.15) is 0 Å². The first-order chi connectivity index (χ1) is 7.69. The normalized spacial score (nSPS) is 11.9. The van der Waals surface area contributed by atoms with Crippen LogP contribution in [0.15, 0.2) is 18.5 Å². The van der Waals surface area contributed by atoms with Crippen LogP contribution in [0.2, 0.25) is 0 Å². The lowest BCUT2D eigenvalue weighted by molar-refractivity contribution is 0.0948. The highest BCUT2D eigenvalue weighted by molar-refractivity contribution is 5.99. The Balaban J connectivity index is 2.65. The number of carbonyl (C=O) groups excluding carboxylic acids is 1. The maximum absolute atomic E-state index is 11.9. The van der Waals surface area contributed by atoms with Crippen LogP contribution in [0, 0.1) is 5.92 Å². The van der Waals surface area contributed by atoms with Crippen LogP contribution >= 0.6 is 0 Å². The van der Waals surface area contributed by atoms with E-state index in [2.05, 4.69) is 29.5 Å². The fraction of sp³-hybridized carbons (Fsp3) is 0.500. The van der Waals surface area contributed by atoms with Crippen LogP contribution in [-0.4, -0.2) is 24.5 Å². The van der Waals surface area contributed by atoms with E-state index in [4.69, 9.17) is 0 Å². The predicted molar refractivity (Wildman–Crippen MR) is 65.6 cm³/mol. The molecule has 2 N–H and O–H groups in total. The molecule has 1 rings (SSSR count). The van der Waals surface area contributed by atoms with Crippen molar-refractivity contribution in [2.24, 2.45) is 5.92 Å². The van der Waals surface area contributed by atoms with Gasteiger partial charge in [-0.1, -0.05) is 20.3 Å². The first-order valence-electron chi connectivity index (χ1n) is 5.59. The molecule has 4 nitrogen and oxygen atoms in total. The molecule has 16 heavy (non-hydrogen) atoms. The number of hydrogen-bond acceptors (Lipinski definition) is 3. The molecule has 0 fully saturated rings. The van der Waals surface area contributed by atoms with Gasteiger partial charge >= 0.3 is 0 Å². The Kier molecular flexibility index (Phi) is 4.76. The molecule has 0 saturated carbocycles. The minimum atomic E-state index is -0.0715. The zero-order valence-corrected chi connectivity index (χ0v) is 10.1. The van der Waals surface area contributed by atoms with E-state index in [1.165, 1.54) is 0 Å². The van der Waals surface area contributed by atoms with Crippen LogP contribution in [0.4, 0.5) is 5.69 Å². The summed E-state index contributed by atoms with van der Waals surface area (Å²) in [5.74, 6) is 0.427. The topological polar surface area (TPSA) is 54.0 Å². The molecule has 0 aromatic carbocycles. The molecule has 1 aromatic heterocycles. The van der Waals surface area contributed by atoms with Gasteiger partial charge in [0, 0.05) is 31.7 Å². The summed E-state index contributed by atoms with van der Waals surface area (Å²) >= 11 is 0. The van der Waals surface area contributed by atoms with Gasteiger partial charge in [-0.05, 0) is 12.0 Å². The Hall–Kier alpha value is -1.58. The van der Waals surface area contributed by atoms with Crippen LogP contribution in [0.25, 0.3) is 0 Å². The van der Waals surface area contributed by atoms with E-state index in [1.54, 1.807) is 25.5 Å². The molecular formula is C12H19N3O. The summed E-state index contributed by atoms with van der Waals surface area (Å²) < 4.78 is 0. The van der Waals surface area contributed by atoms with Gasteiger partial charge in [-0.25, -0.2) is 0 Å². The first kappa shape index (κ1) is 12.5. The smallest absolute Gasteiger partial charge is 0.254 e. The standard InChI is InChI=1S/C12H19N3O/c1-4-9(2)7-15-12(16)10-8-14-6-5-11(10)13-3/h5-6,8-9H,4,7H2,1-3H3,(H,13,14)(H,15,16). The number of hydrogen-bond donors (Lipinski definition) is 2. The van der Waals surface area contributed by atoms with Gasteiger partial charge in [0.25, 0.3) is 5.91 Å². The van der Waals surface area contributed by atoms with Crippen molar-refractivity contribution in [3.05, 3.63) is 24.0 Å². The van der Waals surface area contributed by atoms with E-state index in [0.29, 0.717) is 18.0 Å². The van der Waals surface area contributed by atoms with Crippen molar-refractivity contribution < 1.29 is 4.79 Å². The number of nitrogens with one attached hydrogen (secondary N) is 2. The van der Waals surface area contributed by atoms with E-state index in [0.717, 1.165) is 12.1 Å². The van der Waals surface area contributed by atoms with Gasteiger partial charge in [-0.15, -0.1) is 0 Å². The van der Waals surface area contributed by atoms with Crippen molar-refractivity contribution in [1.82, 2.24) is 10.3 Å². The summed E-state index contributed by atoms with van der Waals surface area (Å²) in [6.45, 7) is 4.93. The zero-order chi connectivity index (χ0) is 12.0. The van der Waals surface area contributed by atoms with Crippen molar-refractivity contribution >= 4 is 11.6 Å². The Morgan fingerprint density at radius 1 is 1.56 bits per heavy atom. The predicted octanol–water partition coefficient (Wildman–Crippen LogP) is 1.90. The van der Waals surface area contributed by atoms with Gasteiger partial charge in [0.05, 0.1) is 5.56 Å². The molecular weight excluding hydrogens is 202 g/mol. The lowest BCUT2D eigenvalue weighted by Gasteiger charge is -2.12. The van der Waals surface area contributed by atoms with Gasteiger partial charge < -0.3 is 10.6 Å². The van der Waals surface area contributed by atoms with Gasteiger partial charge in [0.2, 0.25) is 0 Å². The van der Waals surface area contributed by atoms with Crippen molar-refractivity contribution in [3.63, 3.8) is 0 Å². The van der Waals surface area contributed by atoms with Crippen molar-refractivity contribution in [2.75, 3.05) is 18.9 Å². The second-order valence-corrected chi connectivity index (χ2v) is 3.89. The Labute approximate surface area is 96.5 Å². The number of aromatic nitrogens is 1. The summed E-state index contributed by atoms with van der Waals surface area (Å²) in [4.78, 5) is 15.8. The minimum absolute atomic E-state index is 0.0715. The molecule has 1 heterocycles. The summed E-state index contributed by atoms with van der Waals surface area (Å²) in [7, 11) is 1.79. The molecule has 0 radical (unpaired) electrons. The molecule has 4 heteroatoms. The van der Waals surface area contributed by atoms with Crippen LogP contribution in [0.5, 0.6) is 0 Å². The molecule has 0 aliphatic carbocycles. The second-order valence-electron chi connectivity index (χ2n) is 3.89. The van der Waals surface area contributed by atoms with E-state index in [1.807, 2.05) is 0 Å². The molecule has 0 aliphatic heterocycles. The third-order valence-electron chi connectivity index (χ3n) is 2.64. The highest BCUT2D eigenvalue weighted by atomic mass is 16.1. The maximum atomic E-state index is 11.9. The van der Waals surface area contributed by atoms with Gasteiger partial charge in [-0.2, -0.15) is 0 Å². The molecule has 88 valence electrons. The molecule has 1 aromatic rings. The number of pyridine rings is 1. The molecule has 1 atom stereocenters. The lowest BCUT2D eigenvalue weighted by atomic mass is 10.1. The maximum Gasteiger partial charge on any atom is 0.254 e. The fourth-order valence-electron chi connectivity index (χ4n) is 1.30. The molecule has 0 saturated heterocycles. The first-order valence-corrected chi connectivity index (χ1v) is 5.59. The Morgan fingerprint density at radius 2 is 2.31 bits per heavy atom. The largest absolute Gasteiger partial charge is 0.387 e. The van der Waals surface area contributed by atoms with Gasteiger partial charge in [0.15, 0.2) is 0 Å². The molecule has 1 amide bonds. The third-order valence-corrected chi connectivity index (χ3v) is 2.64. The quantitative estimate of drug-likeness (QED) is 0.798. The molecule has 0 bridgehead atoms. The van der Waals surface area contributed by atoms with Crippen LogP contribution in [-0.2, 0) is 0 Å². The summed E-state index contributed by atoms with van der Waals surface area (Å²) in [5.41, 5.74) is 1.39. The average Bonchev–Trinajstić information content (AvgIpc) is 2.35. The third kappa shape index (κ3) is 3.22. The monoisotopic (exact) mass is 221 g/mol. The SMILES string of the molecule is CCC(C)CNC(=O)c1cnccc1NC. The number of nitrogens with zero attached hydrogens (tertiary/aromatic N) is 1. The lowest BCUT2D eigenvalue weighted by Crippen LogP contribution is -2.28. The summed E-state index contributed by atoms with van der Waals surface area (Å²) in [5, 5.41) is 5.88. The van der Waals surface area contributed by atoms with Crippen LogP contribution in [0.3, 0.4) is 0 Å². The van der Waals surface area contributed by atoms with Crippen molar-refractivity contribution in [2.45, 2.75) is 20.3 Å². The highest BCUT2D eigenvalue weighted by Crippen LogP contribution is 2.12. The van der Waals surface area contributed by atoms with Crippen LogP contribution < -0.4 is 10.6 Å². The Morgan fingerprint density at radius 3 is 2.94 bits per heavy atom. The molecule has 0 aliphatic rings. The average molecular weight is 221 g/mol. The Bertz CT molecular complexity index is 352. The van der Waals surface area contributed by atoms with Crippen LogP contribution in [0.1, 0.15) is 30.6 Å². The summed E-state index contributed by atoms with van der Waals surface area (Å²) in [6.07, 6.45) is 4.31. The number of rotatable bonds is 5. The second kappa shape index (κ2) is 6.10. The van der Waals surface area contributed by atoms with E-state index >= 15 is 0 Å². The number of anilines is 1. The van der Waals surface area contributed by atoms with E-state index in [9.17, 15) is 4.79 Å². The minimum Gasteiger partial charge on any atom is -0.387 e. The van der Waals surface area contributed by atoms with Crippen molar-refractivity contribution in [3.8, 4) is 0 Å². The fourth-order valence-corrected chi connectivity index (χ4v) is 1.30. The van der Waals surface area contributed by atoms with Gasteiger partial charge in [-0.3, -0.25) is 9.78 Å². The highest BCUT2D eigenvalue weighted by Gasteiger charge is 2.10. The molecule has 0 spiro atoms. The van der Waals surface area contributed by atoms with E-state index < -0.39 is 0 Å². The molecule has 1 unspecified atom stereocenters. The van der Waals surface area contributed by atoms with E-state index in [-0.39, 0.29) is 5.91 Å². The number of amides is 1.